The lowest BCUT2D eigenvalue weighted by molar-refractivity contribution is -0.0498. The summed E-state index contributed by atoms with van der Waals surface area (Å²) >= 11 is 0. The van der Waals surface area contributed by atoms with Gasteiger partial charge in [-0.2, -0.15) is 13.1 Å². The van der Waals surface area contributed by atoms with Gasteiger partial charge in [0.05, 0.1) is 22.7 Å². The topological polar surface area (TPSA) is 82.1 Å². The summed E-state index contributed by atoms with van der Waals surface area (Å²) in [4.78, 5) is 12.4. The average molecular weight is 455 g/mol. The van der Waals surface area contributed by atoms with Gasteiger partial charge >= 0.3 is 12.6 Å². The first-order valence-electron chi connectivity index (χ1n) is 9.61. The minimum atomic E-state index is -3.80. The maximum atomic E-state index is 13.0. The van der Waals surface area contributed by atoms with E-state index in [2.05, 4.69) is 4.74 Å². The molecule has 0 radical (unpaired) electrons. The third-order valence-corrected chi connectivity index (χ3v) is 6.44. The highest BCUT2D eigenvalue weighted by molar-refractivity contribution is 7.89. The zero-order chi connectivity index (χ0) is 22.6. The maximum absolute atomic E-state index is 13.0. The predicted octanol–water partition coefficient (Wildman–Crippen LogP) is 3.44. The fourth-order valence-corrected chi connectivity index (χ4v) is 4.90. The molecule has 0 aliphatic carbocycles. The lowest BCUT2D eigenvalue weighted by Crippen LogP contribution is -2.48. The van der Waals surface area contributed by atoms with Gasteiger partial charge < -0.3 is 14.2 Å². The molecule has 168 valence electrons. The second kappa shape index (κ2) is 9.71. The van der Waals surface area contributed by atoms with Crippen molar-refractivity contribution in [3.63, 3.8) is 0 Å². The van der Waals surface area contributed by atoms with Crippen molar-refractivity contribution in [1.82, 2.24) is 4.31 Å². The Labute approximate surface area is 179 Å². The smallest absolute Gasteiger partial charge is 0.387 e. The van der Waals surface area contributed by atoms with Gasteiger partial charge in [0.25, 0.3) is 0 Å². The first kappa shape index (κ1) is 23.1. The highest BCUT2D eigenvalue weighted by Crippen LogP contribution is 2.22. The Morgan fingerprint density at radius 1 is 1.13 bits per heavy atom. The van der Waals surface area contributed by atoms with Crippen molar-refractivity contribution in [1.29, 1.82) is 0 Å². The van der Waals surface area contributed by atoms with E-state index in [0.29, 0.717) is 5.56 Å². The summed E-state index contributed by atoms with van der Waals surface area (Å²) in [6.45, 7) is 1.04. The predicted molar refractivity (Wildman–Crippen MR) is 107 cm³/mol. The van der Waals surface area contributed by atoms with Crippen molar-refractivity contribution in [2.75, 3.05) is 13.1 Å². The molecule has 0 aromatic heterocycles. The van der Waals surface area contributed by atoms with E-state index in [-0.39, 0.29) is 48.1 Å². The van der Waals surface area contributed by atoms with Gasteiger partial charge in [0.1, 0.15) is 12.4 Å². The zero-order valence-corrected chi connectivity index (χ0v) is 17.8. The molecule has 10 heteroatoms. The van der Waals surface area contributed by atoms with Crippen molar-refractivity contribution in [2.24, 2.45) is 0 Å². The molecular formula is C21H23F2NO6S. The van der Waals surface area contributed by atoms with E-state index in [1.54, 1.807) is 13.8 Å². The number of carbonyl (C=O) groups is 1. The minimum absolute atomic E-state index is 0.00301. The molecule has 0 N–H and O–H groups in total. The summed E-state index contributed by atoms with van der Waals surface area (Å²) < 4.78 is 66.8. The Bertz CT molecular complexity index is 1000. The monoisotopic (exact) mass is 455 g/mol. The molecule has 2 aromatic rings. The zero-order valence-electron chi connectivity index (χ0n) is 17.0. The number of halogens is 2. The molecule has 31 heavy (non-hydrogen) atoms. The number of ether oxygens (including phenoxy) is 3. The van der Waals surface area contributed by atoms with E-state index in [0.717, 1.165) is 0 Å². The number of hydrogen-bond acceptors (Lipinski definition) is 6. The Balaban J connectivity index is 1.67. The largest absolute Gasteiger partial charge is 0.457 e. The average Bonchev–Trinajstić information content (AvgIpc) is 2.72. The van der Waals surface area contributed by atoms with Gasteiger partial charge in [-0.15, -0.1) is 0 Å². The van der Waals surface area contributed by atoms with Crippen LogP contribution in [0.3, 0.4) is 0 Å². The Kier molecular flexibility index (Phi) is 7.24. The number of nitrogens with zero attached hydrogens (tertiary/aromatic N) is 1. The molecule has 1 heterocycles. The molecule has 2 unspecified atom stereocenters. The molecule has 2 aromatic carbocycles. The normalized spacial score (nSPS) is 19.9. The lowest BCUT2D eigenvalue weighted by atomic mass is 10.2. The quantitative estimate of drug-likeness (QED) is 0.595. The van der Waals surface area contributed by atoms with Crippen LogP contribution < -0.4 is 4.74 Å². The van der Waals surface area contributed by atoms with E-state index >= 15 is 0 Å². The summed E-state index contributed by atoms with van der Waals surface area (Å²) in [5.41, 5.74) is 0.656. The van der Waals surface area contributed by atoms with Crippen LogP contribution in [0, 0.1) is 0 Å². The summed E-state index contributed by atoms with van der Waals surface area (Å²) in [7, 11) is -3.80. The van der Waals surface area contributed by atoms with E-state index < -0.39 is 22.6 Å². The molecule has 0 spiro atoms. The van der Waals surface area contributed by atoms with Gasteiger partial charge in [0.15, 0.2) is 0 Å². The molecule has 0 saturated carbocycles. The summed E-state index contributed by atoms with van der Waals surface area (Å²) in [5, 5.41) is 0. The van der Waals surface area contributed by atoms with Crippen molar-refractivity contribution in [2.45, 2.75) is 44.2 Å². The summed E-state index contributed by atoms with van der Waals surface area (Å²) in [5.74, 6) is -0.705. The first-order chi connectivity index (χ1) is 14.6. The third-order valence-electron chi connectivity index (χ3n) is 4.61. The molecule has 3 rings (SSSR count). The Morgan fingerprint density at radius 2 is 1.77 bits per heavy atom. The fourth-order valence-electron chi connectivity index (χ4n) is 3.26. The number of rotatable bonds is 7. The molecule has 1 saturated heterocycles. The van der Waals surface area contributed by atoms with Crippen LogP contribution in [0.25, 0.3) is 0 Å². The SMILES string of the molecule is CC1CN(S(=O)(=O)c2cccc(C(=O)OCc3ccc(OC(F)F)cc3)c2)CC(C)O1. The number of alkyl halides is 2. The number of benzene rings is 2. The fraction of sp³-hybridized carbons (Fsp3) is 0.381. The number of carbonyl (C=O) groups excluding carboxylic acids is 1. The van der Waals surface area contributed by atoms with Crippen LogP contribution in [0.5, 0.6) is 5.75 Å². The summed E-state index contributed by atoms with van der Waals surface area (Å²) in [6, 6.07) is 11.3. The minimum Gasteiger partial charge on any atom is -0.457 e. The van der Waals surface area contributed by atoms with E-state index in [4.69, 9.17) is 9.47 Å². The second-order valence-electron chi connectivity index (χ2n) is 7.21. The molecule has 0 amide bonds. The van der Waals surface area contributed by atoms with E-state index in [1.807, 2.05) is 0 Å². The molecule has 2 atom stereocenters. The van der Waals surface area contributed by atoms with Crippen LogP contribution in [-0.2, 0) is 26.1 Å². The molecule has 1 aliphatic heterocycles. The highest BCUT2D eigenvalue weighted by Gasteiger charge is 2.32. The molecule has 7 nitrogen and oxygen atoms in total. The van der Waals surface area contributed by atoms with E-state index in [1.165, 1.54) is 52.8 Å². The molecule has 1 aliphatic rings. The van der Waals surface area contributed by atoms with Gasteiger partial charge in [-0.05, 0) is 49.7 Å². The van der Waals surface area contributed by atoms with Gasteiger partial charge in [0, 0.05) is 13.1 Å². The number of morpholine rings is 1. The van der Waals surface area contributed by atoms with Crippen molar-refractivity contribution in [3.8, 4) is 5.75 Å². The molecule has 0 bridgehead atoms. The lowest BCUT2D eigenvalue weighted by Gasteiger charge is -2.34. The molecular weight excluding hydrogens is 432 g/mol. The Hall–Kier alpha value is -2.56. The highest BCUT2D eigenvalue weighted by atomic mass is 32.2. The van der Waals surface area contributed by atoms with E-state index in [9.17, 15) is 22.0 Å². The van der Waals surface area contributed by atoms with Crippen molar-refractivity contribution >= 4 is 16.0 Å². The van der Waals surface area contributed by atoms with Crippen LogP contribution in [0.15, 0.2) is 53.4 Å². The van der Waals surface area contributed by atoms with Crippen molar-refractivity contribution in [3.05, 3.63) is 59.7 Å². The van der Waals surface area contributed by atoms with Gasteiger partial charge in [-0.1, -0.05) is 18.2 Å². The Morgan fingerprint density at radius 3 is 2.39 bits per heavy atom. The maximum Gasteiger partial charge on any atom is 0.387 e. The van der Waals surface area contributed by atoms with Gasteiger partial charge in [-0.3, -0.25) is 0 Å². The van der Waals surface area contributed by atoms with Gasteiger partial charge in [-0.25, -0.2) is 13.2 Å². The van der Waals surface area contributed by atoms with Crippen LogP contribution in [0.1, 0.15) is 29.8 Å². The van der Waals surface area contributed by atoms with Crippen molar-refractivity contribution < 1.29 is 36.2 Å². The number of sulfonamides is 1. The third kappa shape index (κ3) is 5.99. The van der Waals surface area contributed by atoms with Gasteiger partial charge in [0.2, 0.25) is 10.0 Å². The second-order valence-corrected chi connectivity index (χ2v) is 9.14. The number of hydrogen-bond donors (Lipinski definition) is 0. The van der Waals surface area contributed by atoms with Crippen LogP contribution in [0.4, 0.5) is 8.78 Å². The standard InChI is InChI=1S/C21H23F2NO6S/c1-14-11-24(12-15(2)29-14)31(26,27)19-5-3-4-17(10-19)20(25)28-13-16-6-8-18(9-7-16)30-21(22)23/h3-10,14-15,21H,11-13H2,1-2H3. The van der Waals surface area contributed by atoms with Crippen LogP contribution >= 0.6 is 0 Å². The molecule has 1 fully saturated rings. The van der Waals surface area contributed by atoms with Crippen LogP contribution in [-0.4, -0.2) is 50.6 Å². The first-order valence-corrected chi connectivity index (χ1v) is 11.1. The number of esters is 1. The summed E-state index contributed by atoms with van der Waals surface area (Å²) in [6.07, 6.45) is -0.465. The van der Waals surface area contributed by atoms with Crippen LogP contribution in [0.2, 0.25) is 0 Å².